The monoisotopic (exact) mass is 385 g/mol. The number of urea groups is 1. The van der Waals surface area contributed by atoms with Crippen LogP contribution in [0.3, 0.4) is 0 Å². The van der Waals surface area contributed by atoms with Crippen molar-refractivity contribution in [2.24, 2.45) is 0 Å². The lowest BCUT2D eigenvalue weighted by Crippen LogP contribution is -2.38. The van der Waals surface area contributed by atoms with Crippen molar-refractivity contribution in [1.82, 2.24) is 25.0 Å². The van der Waals surface area contributed by atoms with Crippen LogP contribution in [-0.2, 0) is 13.1 Å². The highest BCUT2D eigenvalue weighted by molar-refractivity contribution is 5.73. The van der Waals surface area contributed by atoms with E-state index >= 15 is 0 Å². The minimum absolute atomic E-state index is 0.160. The molecule has 28 heavy (non-hydrogen) atoms. The molecular weight excluding hydrogens is 365 g/mol. The number of furan rings is 1. The summed E-state index contributed by atoms with van der Waals surface area (Å²) in [6.07, 6.45) is 3.44. The second-order valence-corrected chi connectivity index (χ2v) is 6.64. The van der Waals surface area contributed by atoms with Crippen LogP contribution in [0.15, 0.2) is 51.9 Å². The fourth-order valence-corrected chi connectivity index (χ4v) is 2.92. The van der Waals surface area contributed by atoms with Crippen LogP contribution in [0.4, 0.5) is 9.18 Å². The summed E-state index contributed by atoms with van der Waals surface area (Å²) >= 11 is 0. The lowest BCUT2D eigenvalue weighted by molar-refractivity contribution is 0.240. The first kappa shape index (κ1) is 18.0. The van der Waals surface area contributed by atoms with E-state index in [9.17, 15) is 14.0 Å². The van der Waals surface area contributed by atoms with E-state index in [1.54, 1.807) is 35.1 Å². The van der Waals surface area contributed by atoms with Gasteiger partial charge in [0, 0.05) is 19.1 Å². The van der Waals surface area contributed by atoms with Gasteiger partial charge in [-0.15, -0.1) is 5.10 Å². The van der Waals surface area contributed by atoms with Gasteiger partial charge in [0.1, 0.15) is 5.82 Å². The Balaban J connectivity index is 1.33. The molecule has 8 nitrogen and oxygen atoms in total. The molecule has 0 aliphatic heterocycles. The molecule has 2 N–H and O–H groups in total. The molecule has 0 bridgehead atoms. The smallest absolute Gasteiger partial charge is 0.346 e. The molecule has 0 atom stereocenters. The summed E-state index contributed by atoms with van der Waals surface area (Å²) < 4.78 is 21.3. The molecule has 0 saturated heterocycles. The Kier molecular flexibility index (Phi) is 4.96. The van der Waals surface area contributed by atoms with E-state index in [2.05, 4.69) is 15.7 Å². The number of carbonyl (C=O) groups excluding carboxylic acids is 1. The molecule has 2 heterocycles. The molecule has 1 aliphatic rings. The zero-order valence-electron chi connectivity index (χ0n) is 15.1. The maximum absolute atomic E-state index is 12.9. The zero-order chi connectivity index (χ0) is 19.5. The number of rotatable bonds is 7. The predicted molar refractivity (Wildman–Crippen MR) is 99.1 cm³/mol. The first-order valence-electron chi connectivity index (χ1n) is 9.11. The third-order valence-electron chi connectivity index (χ3n) is 4.50. The average molecular weight is 385 g/mol. The maximum atomic E-state index is 12.9. The van der Waals surface area contributed by atoms with Crippen molar-refractivity contribution in [3.8, 4) is 11.6 Å². The molecular formula is C19H20FN5O3. The Morgan fingerprint density at radius 2 is 2.00 bits per heavy atom. The summed E-state index contributed by atoms with van der Waals surface area (Å²) in [5, 5.41) is 9.76. The van der Waals surface area contributed by atoms with Crippen LogP contribution in [0.5, 0.6) is 0 Å². The van der Waals surface area contributed by atoms with Gasteiger partial charge >= 0.3 is 11.7 Å². The average Bonchev–Trinajstić information content (AvgIpc) is 3.26. The summed E-state index contributed by atoms with van der Waals surface area (Å²) in [5.41, 5.74) is 0.585. The molecule has 4 rings (SSSR count). The summed E-state index contributed by atoms with van der Waals surface area (Å²) in [7, 11) is 0. The lowest BCUT2D eigenvalue weighted by atomic mass is 10.2. The zero-order valence-corrected chi connectivity index (χ0v) is 15.1. The normalized spacial score (nSPS) is 13.5. The van der Waals surface area contributed by atoms with E-state index in [1.807, 2.05) is 0 Å². The third-order valence-corrected chi connectivity index (χ3v) is 4.50. The van der Waals surface area contributed by atoms with Crippen molar-refractivity contribution in [2.75, 3.05) is 6.54 Å². The van der Waals surface area contributed by atoms with Crippen LogP contribution in [0.1, 0.15) is 24.4 Å². The maximum Gasteiger partial charge on any atom is 0.346 e. The molecule has 2 aromatic heterocycles. The minimum atomic E-state index is -0.370. The molecule has 1 saturated carbocycles. The Morgan fingerprint density at radius 3 is 2.68 bits per heavy atom. The molecule has 1 aliphatic carbocycles. The molecule has 146 valence electrons. The van der Waals surface area contributed by atoms with Crippen molar-refractivity contribution in [2.45, 2.75) is 32.0 Å². The number of nitrogens with zero attached hydrogens (tertiary/aromatic N) is 3. The van der Waals surface area contributed by atoms with Gasteiger partial charge in [-0.2, -0.15) is 0 Å². The van der Waals surface area contributed by atoms with E-state index in [-0.39, 0.29) is 43.2 Å². The fraction of sp³-hybridized carbons (Fsp3) is 0.316. The van der Waals surface area contributed by atoms with Crippen LogP contribution in [0.2, 0.25) is 0 Å². The molecule has 1 fully saturated rings. The first-order valence-corrected chi connectivity index (χ1v) is 9.11. The van der Waals surface area contributed by atoms with Crippen LogP contribution in [0.25, 0.3) is 11.6 Å². The molecule has 1 aromatic carbocycles. The SMILES string of the molecule is O=C(NCCn1nc(-c2ccco2)n(C2CC2)c1=O)NCc1ccc(F)cc1. The van der Waals surface area contributed by atoms with Crippen LogP contribution < -0.4 is 16.3 Å². The molecule has 9 heteroatoms. The second kappa shape index (κ2) is 7.71. The highest BCUT2D eigenvalue weighted by atomic mass is 19.1. The quantitative estimate of drug-likeness (QED) is 0.652. The Bertz CT molecular complexity index is 1000. The van der Waals surface area contributed by atoms with Crippen molar-refractivity contribution in [1.29, 1.82) is 0 Å². The third kappa shape index (κ3) is 3.98. The van der Waals surface area contributed by atoms with Gasteiger partial charge in [-0.1, -0.05) is 12.1 Å². The van der Waals surface area contributed by atoms with E-state index in [1.165, 1.54) is 16.8 Å². The van der Waals surface area contributed by atoms with Gasteiger partial charge in [0.15, 0.2) is 5.76 Å². The van der Waals surface area contributed by atoms with E-state index in [4.69, 9.17) is 4.42 Å². The number of hydrogen-bond donors (Lipinski definition) is 2. The van der Waals surface area contributed by atoms with Crippen LogP contribution in [-0.4, -0.2) is 26.9 Å². The Labute approximate surface area is 160 Å². The number of benzene rings is 1. The predicted octanol–water partition coefficient (Wildman–Crippen LogP) is 2.28. The van der Waals surface area contributed by atoms with Crippen molar-refractivity contribution in [3.05, 3.63) is 64.5 Å². The number of amides is 2. The fourth-order valence-electron chi connectivity index (χ4n) is 2.92. The highest BCUT2D eigenvalue weighted by Gasteiger charge is 2.31. The molecule has 0 radical (unpaired) electrons. The summed E-state index contributed by atoms with van der Waals surface area (Å²) in [6.45, 7) is 0.773. The van der Waals surface area contributed by atoms with Crippen molar-refractivity contribution < 1.29 is 13.6 Å². The first-order chi connectivity index (χ1) is 13.6. The highest BCUT2D eigenvalue weighted by Crippen LogP contribution is 2.36. The summed E-state index contributed by atoms with van der Waals surface area (Å²) in [6, 6.07) is 9.21. The number of hydrogen-bond acceptors (Lipinski definition) is 4. The van der Waals surface area contributed by atoms with E-state index in [0.717, 1.165) is 18.4 Å². The van der Waals surface area contributed by atoms with Crippen molar-refractivity contribution >= 4 is 6.03 Å². The van der Waals surface area contributed by atoms with Gasteiger partial charge in [-0.05, 0) is 42.7 Å². The molecule has 0 unspecified atom stereocenters. The Morgan fingerprint density at radius 1 is 1.21 bits per heavy atom. The number of aromatic nitrogens is 3. The number of halogens is 1. The molecule has 0 spiro atoms. The van der Waals surface area contributed by atoms with Gasteiger partial charge in [0.25, 0.3) is 0 Å². The minimum Gasteiger partial charge on any atom is -0.461 e. The van der Waals surface area contributed by atoms with Crippen LogP contribution >= 0.6 is 0 Å². The summed E-state index contributed by atoms with van der Waals surface area (Å²) in [4.78, 5) is 24.6. The molecule has 2 amide bonds. The van der Waals surface area contributed by atoms with Gasteiger partial charge < -0.3 is 15.1 Å². The topological polar surface area (TPSA) is 94.1 Å². The largest absolute Gasteiger partial charge is 0.461 e. The van der Waals surface area contributed by atoms with Gasteiger partial charge in [0.05, 0.1) is 12.8 Å². The van der Waals surface area contributed by atoms with Crippen molar-refractivity contribution in [3.63, 3.8) is 0 Å². The molecule has 3 aromatic rings. The number of carbonyl (C=O) groups is 1. The van der Waals surface area contributed by atoms with E-state index in [0.29, 0.717) is 11.6 Å². The second-order valence-electron chi connectivity index (χ2n) is 6.64. The standard InChI is InChI=1S/C19H20FN5O3/c20-14-5-3-13(4-6-14)12-22-18(26)21-9-10-24-19(27)25(15-7-8-15)17(23-24)16-2-1-11-28-16/h1-6,11,15H,7-10,12H2,(H2,21,22,26). The lowest BCUT2D eigenvalue weighted by Gasteiger charge is -2.07. The van der Waals surface area contributed by atoms with E-state index < -0.39 is 0 Å². The van der Waals surface area contributed by atoms with Gasteiger partial charge in [-0.25, -0.2) is 18.7 Å². The van der Waals surface area contributed by atoms with Gasteiger partial charge in [-0.3, -0.25) is 4.57 Å². The summed E-state index contributed by atoms with van der Waals surface area (Å²) in [5.74, 6) is 0.740. The Hall–Kier alpha value is -3.36. The van der Waals surface area contributed by atoms with Crippen LogP contribution in [0, 0.1) is 5.82 Å². The number of nitrogens with one attached hydrogen (secondary N) is 2. The van der Waals surface area contributed by atoms with Gasteiger partial charge in [0.2, 0.25) is 5.82 Å².